The molecule has 0 saturated carbocycles. The molecule has 0 spiro atoms. The predicted octanol–water partition coefficient (Wildman–Crippen LogP) is 1.69. The van der Waals surface area contributed by atoms with Crippen LogP contribution in [0.4, 0.5) is 0 Å². The Morgan fingerprint density at radius 3 is 2.87 bits per heavy atom. The SMILES string of the molecule is CCCn1cc(OCC(C)(C)CO)cn1. The van der Waals surface area contributed by atoms with E-state index < -0.39 is 0 Å². The van der Waals surface area contributed by atoms with E-state index in [1.807, 2.05) is 24.7 Å². The van der Waals surface area contributed by atoms with Crippen LogP contribution < -0.4 is 4.74 Å². The summed E-state index contributed by atoms with van der Waals surface area (Å²) in [6, 6.07) is 0. The van der Waals surface area contributed by atoms with Crippen LogP contribution >= 0.6 is 0 Å². The van der Waals surface area contributed by atoms with E-state index in [1.54, 1.807) is 6.20 Å². The van der Waals surface area contributed by atoms with Gasteiger partial charge in [0.1, 0.15) is 0 Å². The Labute approximate surface area is 90.9 Å². The third-order valence-corrected chi connectivity index (χ3v) is 2.12. The largest absolute Gasteiger partial charge is 0.490 e. The summed E-state index contributed by atoms with van der Waals surface area (Å²) in [5, 5.41) is 13.2. The fourth-order valence-corrected chi connectivity index (χ4v) is 1.09. The molecule has 0 saturated heterocycles. The van der Waals surface area contributed by atoms with Gasteiger partial charge in [-0.1, -0.05) is 20.8 Å². The van der Waals surface area contributed by atoms with Gasteiger partial charge in [-0.05, 0) is 6.42 Å². The van der Waals surface area contributed by atoms with Crippen molar-refractivity contribution in [2.45, 2.75) is 33.7 Å². The zero-order valence-electron chi connectivity index (χ0n) is 9.73. The van der Waals surface area contributed by atoms with Gasteiger partial charge in [-0.15, -0.1) is 0 Å². The van der Waals surface area contributed by atoms with Crippen LogP contribution in [0.3, 0.4) is 0 Å². The fourth-order valence-electron chi connectivity index (χ4n) is 1.09. The zero-order valence-corrected chi connectivity index (χ0v) is 9.73. The van der Waals surface area contributed by atoms with E-state index in [1.165, 1.54) is 0 Å². The van der Waals surface area contributed by atoms with Crippen molar-refractivity contribution in [1.82, 2.24) is 9.78 Å². The van der Waals surface area contributed by atoms with E-state index in [2.05, 4.69) is 12.0 Å². The van der Waals surface area contributed by atoms with Crippen molar-refractivity contribution in [3.63, 3.8) is 0 Å². The molecule has 1 aromatic heterocycles. The molecule has 1 N–H and O–H groups in total. The fraction of sp³-hybridized carbons (Fsp3) is 0.727. The monoisotopic (exact) mass is 212 g/mol. The topological polar surface area (TPSA) is 47.3 Å². The average Bonchev–Trinajstić information content (AvgIpc) is 2.64. The van der Waals surface area contributed by atoms with Gasteiger partial charge in [0.2, 0.25) is 0 Å². The van der Waals surface area contributed by atoms with E-state index in [0.717, 1.165) is 18.7 Å². The molecule has 0 bridgehead atoms. The molecule has 0 aliphatic rings. The molecular formula is C11H20N2O2. The normalized spacial score (nSPS) is 11.7. The molecule has 0 atom stereocenters. The van der Waals surface area contributed by atoms with E-state index in [9.17, 15) is 0 Å². The summed E-state index contributed by atoms with van der Waals surface area (Å²) in [6.45, 7) is 7.56. The number of nitrogens with zero attached hydrogens (tertiary/aromatic N) is 2. The van der Waals surface area contributed by atoms with E-state index in [4.69, 9.17) is 9.84 Å². The number of aromatic nitrogens is 2. The first-order chi connectivity index (χ1) is 7.07. The van der Waals surface area contributed by atoms with Crippen molar-refractivity contribution in [3.05, 3.63) is 12.4 Å². The third kappa shape index (κ3) is 3.91. The smallest absolute Gasteiger partial charge is 0.157 e. The zero-order chi connectivity index (χ0) is 11.3. The lowest BCUT2D eigenvalue weighted by atomic mass is 9.97. The molecule has 4 heteroatoms. The van der Waals surface area contributed by atoms with Crippen LogP contribution in [0, 0.1) is 5.41 Å². The van der Waals surface area contributed by atoms with Gasteiger partial charge in [0.25, 0.3) is 0 Å². The molecule has 0 radical (unpaired) electrons. The Morgan fingerprint density at radius 1 is 1.53 bits per heavy atom. The number of aliphatic hydroxyl groups is 1. The third-order valence-electron chi connectivity index (χ3n) is 2.12. The second-order valence-electron chi connectivity index (χ2n) is 4.55. The molecular weight excluding hydrogens is 192 g/mol. The number of hydrogen-bond acceptors (Lipinski definition) is 3. The van der Waals surface area contributed by atoms with Crippen molar-refractivity contribution >= 4 is 0 Å². The highest BCUT2D eigenvalue weighted by Crippen LogP contribution is 2.17. The Balaban J connectivity index is 2.44. The molecule has 0 aromatic carbocycles. The van der Waals surface area contributed by atoms with Gasteiger partial charge < -0.3 is 9.84 Å². The summed E-state index contributed by atoms with van der Waals surface area (Å²) < 4.78 is 7.41. The van der Waals surface area contributed by atoms with Crippen LogP contribution in [0.5, 0.6) is 5.75 Å². The molecule has 0 fully saturated rings. The number of ether oxygens (including phenoxy) is 1. The van der Waals surface area contributed by atoms with E-state index in [0.29, 0.717) is 6.61 Å². The molecule has 1 rings (SSSR count). The number of aryl methyl sites for hydroxylation is 1. The maximum absolute atomic E-state index is 9.06. The number of hydrogen-bond donors (Lipinski definition) is 1. The molecule has 1 heterocycles. The van der Waals surface area contributed by atoms with Crippen molar-refractivity contribution < 1.29 is 9.84 Å². The Bertz CT molecular complexity index is 295. The first-order valence-corrected chi connectivity index (χ1v) is 5.33. The van der Waals surface area contributed by atoms with Gasteiger partial charge in [0.15, 0.2) is 5.75 Å². The van der Waals surface area contributed by atoms with E-state index >= 15 is 0 Å². The van der Waals surface area contributed by atoms with Crippen LogP contribution in [0.2, 0.25) is 0 Å². The lowest BCUT2D eigenvalue weighted by Crippen LogP contribution is -2.25. The standard InChI is InChI=1S/C11H20N2O2/c1-4-5-13-7-10(6-12-13)15-9-11(2,3)8-14/h6-7,14H,4-5,8-9H2,1-3H3. The van der Waals surface area contributed by atoms with Gasteiger partial charge in [-0.2, -0.15) is 5.10 Å². The van der Waals surface area contributed by atoms with Crippen LogP contribution in [0.15, 0.2) is 12.4 Å². The van der Waals surface area contributed by atoms with Gasteiger partial charge >= 0.3 is 0 Å². The van der Waals surface area contributed by atoms with Crippen molar-refractivity contribution in [3.8, 4) is 5.75 Å². The highest BCUT2D eigenvalue weighted by Gasteiger charge is 2.17. The summed E-state index contributed by atoms with van der Waals surface area (Å²) in [5.41, 5.74) is -0.202. The Morgan fingerprint density at radius 2 is 2.27 bits per heavy atom. The van der Waals surface area contributed by atoms with Crippen LogP contribution in [-0.4, -0.2) is 28.1 Å². The minimum atomic E-state index is -0.202. The molecule has 1 aromatic rings. The first-order valence-electron chi connectivity index (χ1n) is 5.33. The highest BCUT2D eigenvalue weighted by molar-refractivity contribution is 5.11. The van der Waals surface area contributed by atoms with Gasteiger partial charge in [-0.3, -0.25) is 4.68 Å². The molecule has 0 amide bonds. The second kappa shape index (κ2) is 5.16. The van der Waals surface area contributed by atoms with Gasteiger partial charge in [0.05, 0.1) is 25.6 Å². The summed E-state index contributed by atoms with van der Waals surface area (Å²) in [6.07, 6.45) is 4.66. The Hall–Kier alpha value is -1.03. The van der Waals surface area contributed by atoms with Crippen molar-refractivity contribution in [2.24, 2.45) is 5.41 Å². The highest BCUT2D eigenvalue weighted by atomic mass is 16.5. The average molecular weight is 212 g/mol. The minimum absolute atomic E-state index is 0.121. The maximum atomic E-state index is 9.06. The van der Waals surface area contributed by atoms with Crippen molar-refractivity contribution in [2.75, 3.05) is 13.2 Å². The first kappa shape index (κ1) is 12.0. The molecule has 15 heavy (non-hydrogen) atoms. The summed E-state index contributed by atoms with van der Waals surface area (Å²) >= 11 is 0. The maximum Gasteiger partial charge on any atom is 0.157 e. The lowest BCUT2D eigenvalue weighted by Gasteiger charge is -2.20. The van der Waals surface area contributed by atoms with Crippen molar-refractivity contribution in [1.29, 1.82) is 0 Å². The van der Waals surface area contributed by atoms with Crippen LogP contribution in [-0.2, 0) is 6.54 Å². The molecule has 0 unspecified atom stereocenters. The quantitative estimate of drug-likeness (QED) is 0.780. The summed E-state index contributed by atoms with van der Waals surface area (Å²) in [7, 11) is 0. The van der Waals surface area contributed by atoms with E-state index in [-0.39, 0.29) is 12.0 Å². The molecule has 86 valence electrons. The van der Waals surface area contributed by atoms with Crippen LogP contribution in [0.1, 0.15) is 27.2 Å². The number of aliphatic hydroxyl groups excluding tert-OH is 1. The van der Waals surface area contributed by atoms with Gasteiger partial charge in [-0.25, -0.2) is 0 Å². The summed E-state index contributed by atoms with van der Waals surface area (Å²) in [5.74, 6) is 0.768. The van der Waals surface area contributed by atoms with Crippen LogP contribution in [0.25, 0.3) is 0 Å². The number of rotatable bonds is 6. The molecule has 0 aliphatic carbocycles. The summed E-state index contributed by atoms with van der Waals surface area (Å²) in [4.78, 5) is 0. The molecule has 4 nitrogen and oxygen atoms in total. The molecule has 0 aliphatic heterocycles. The van der Waals surface area contributed by atoms with Gasteiger partial charge in [0, 0.05) is 12.0 Å². The predicted molar refractivity (Wildman–Crippen MR) is 58.9 cm³/mol. The minimum Gasteiger partial charge on any atom is -0.490 e. The second-order valence-corrected chi connectivity index (χ2v) is 4.55. The Kier molecular flexibility index (Phi) is 4.15. The lowest BCUT2D eigenvalue weighted by molar-refractivity contribution is 0.0975.